The van der Waals surface area contributed by atoms with Crippen LogP contribution in [0.3, 0.4) is 0 Å². The maximum atomic E-state index is 5.17. The van der Waals surface area contributed by atoms with Crippen LogP contribution in [-0.4, -0.2) is 13.8 Å². The third-order valence-corrected chi connectivity index (χ3v) is 4.85. The Hall–Kier alpha value is -1.35. The van der Waals surface area contributed by atoms with Gasteiger partial charge in [0.25, 0.3) is 0 Å². The van der Waals surface area contributed by atoms with Gasteiger partial charge >= 0.3 is 0 Å². The average molecular weight is 261 g/mol. The zero-order valence-corrected chi connectivity index (χ0v) is 12.1. The smallest absolute Gasteiger partial charge is 0.212 e. The Morgan fingerprint density at radius 2 is 2.22 bits per heavy atom. The van der Waals surface area contributed by atoms with E-state index < -0.39 is 0 Å². The average Bonchev–Trinajstić information content (AvgIpc) is 2.95. The van der Waals surface area contributed by atoms with Crippen molar-refractivity contribution in [3.05, 3.63) is 38.9 Å². The number of nitrogens with zero attached hydrogens (tertiary/aromatic N) is 1. The lowest BCUT2D eigenvalue weighted by molar-refractivity contribution is 0.289. The van der Waals surface area contributed by atoms with Crippen molar-refractivity contribution in [2.24, 2.45) is 4.99 Å². The Morgan fingerprint density at radius 1 is 1.44 bits per heavy atom. The van der Waals surface area contributed by atoms with E-state index in [-0.39, 0.29) is 0 Å². The van der Waals surface area contributed by atoms with Crippen LogP contribution >= 0.6 is 11.3 Å². The first-order valence-electron chi connectivity index (χ1n) is 6.21. The van der Waals surface area contributed by atoms with Gasteiger partial charge in [0.2, 0.25) is 5.88 Å². The zero-order valence-electron chi connectivity index (χ0n) is 11.2. The molecule has 0 saturated carbocycles. The SMILES string of the molecule is C=N/C(=C\C(=C/C)c1sc2c(c1C)CCC2)OC. The summed E-state index contributed by atoms with van der Waals surface area (Å²) >= 11 is 1.91. The number of rotatable bonds is 4. The number of thiophene rings is 1. The van der Waals surface area contributed by atoms with Crippen LogP contribution in [0, 0.1) is 6.92 Å². The summed E-state index contributed by atoms with van der Waals surface area (Å²) in [6, 6.07) is 0. The molecule has 0 N–H and O–H groups in total. The molecule has 0 atom stereocenters. The summed E-state index contributed by atoms with van der Waals surface area (Å²) < 4.78 is 5.17. The lowest BCUT2D eigenvalue weighted by Crippen LogP contribution is -1.87. The van der Waals surface area contributed by atoms with Crippen LogP contribution < -0.4 is 0 Å². The second kappa shape index (κ2) is 5.53. The molecule has 1 aliphatic rings. The van der Waals surface area contributed by atoms with Gasteiger partial charge in [-0.3, -0.25) is 0 Å². The Labute approximate surface area is 113 Å². The molecular formula is C15H19NOS. The van der Waals surface area contributed by atoms with Crippen molar-refractivity contribution in [2.75, 3.05) is 7.11 Å². The van der Waals surface area contributed by atoms with Crippen molar-refractivity contribution >= 4 is 23.6 Å². The van der Waals surface area contributed by atoms with Crippen LogP contribution in [0.2, 0.25) is 0 Å². The van der Waals surface area contributed by atoms with Crippen LogP contribution in [-0.2, 0) is 17.6 Å². The van der Waals surface area contributed by atoms with Crippen LogP contribution in [0.25, 0.3) is 5.57 Å². The first-order valence-corrected chi connectivity index (χ1v) is 7.03. The van der Waals surface area contributed by atoms with Gasteiger partial charge in [0.15, 0.2) is 0 Å². The summed E-state index contributed by atoms with van der Waals surface area (Å²) in [6.45, 7) is 7.79. The molecule has 1 aromatic heterocycles. The Morgan fingerprint density at radius 3 is 2.78 bits per heavy atom. The molecule has 1 aromatic rings. The normalized spacial score (nSPS) is 15.7. The van der Waals surface area contributed by atoms with Gasteiger partial charge in [-0.25, -0.2) is 4.99 Å². The van der Waals surface area contributed by atoms with Crippen molar-refractivity contribution < 1.29 is 4.74 Å². The van der Waals surface area contributed by atoms with Crippen molar-refractivity contribution in [2.45, 2.75) is 33.1 Å². The molecule has 3 heteroatoms. The van der Waals surface area contributed by atoms with Crippen molar-refractivity contribution in [1.29, 1.82) is 0 Å². The third kappa shape index (κ3) is 2.27. The predicted octanol–water partition coefficient (Wildman–Crippen LogP) is 4.14. The van der Waals surface area contributed by atoms with Crippen LogP contribution in [0.1, 0.15) is 34.2 Å². The van der Waals surface area contributed by atoms with Gasteiger partial charge in [-0.1, -0.05) is 6.08 Å². The second-order valence-corrected chi connectivity index (χ2v) is 5.51. The van der Waals surface area contributed by atoms with Crippen LogP contribution in [0.4, 0.5) is 0 Å². The van der Waals surface area contributed by atoms with Gasteiger partial charge in [-0.05, 0) is 56.5 Å². The number of ether oxygens (including phenoxy) is 1. The van der Waals surface area contributed by atoms with Crippen molar-refractivity contribution in [3.63, 3.8) is 0 Å². The number of methoxy groups -OCH3 is 1. The lowest BCUT2D eigenvalue weighted by atomic mass is 10.1. The number of hydrogen-bond acceptors (Lipinski definition) is 3. The van der Waals surface area contributed by atoms with E-state index in [1.165, 1.54) is 35.3 Å². The molecule has 0 bridgehead atoms. The van der Waals surface area contributed by atoms with Crippen LogP contribution in [0.5, 0.6) is 0 Å². The van der Waals surface area contributed by atoms with Gasteiger partial charge in [-0.2, -0.15) is 0 Å². The Balaban J connectivity index is 2.41. The minimum absolute atomic E-state index is 0.566. The second-order valence-electron chi connectivity index (χ2n) is 4.40. The highest BCUT2D eigenvalue weighted by molar-refractivity contribution is 7.13. The highest BCUT2D eigenvalue weighted by Gasteiger charge is 2.20. The van der Waals surface area contributed by atoms with Crippen molar-refractivity contribution in [1.82, 2.24) is 0 Å². The summed E-state index contributed by atoms with van der Waals surface area (Å²) in [5, 5.41) is 0. The fourth-order valence-corrected chi connectivity index (χ4v) is 3.86. The molecule has 0 amide bonds. The first kappa shape index (κ1) is 13.1. The molecule has 96 valence electrons. The molecule has 0 saturated heterocycles. The summed E-state index contributed by atoms with van der Waals surface area (Å²) in [6.07, 6.45) is 7.84. The molecule has 1 heterocycles. The topological polar surface area (TPSA) is 21.6 Å². The molecule has 0 fully saturated rings. The molecule has 2 nitrogen and oxygen atoms in total. The van der Waals surface area contributed by atoms with E-state index >= 15 is 0 Å². The van der Waals surface area contributed by atoms with E-state index in [1.54, 1.807) is 17.6 Å². The van der Waals surface area contributed by atoms with Crippen molar-refractivity contribution in [3.8, 4) is 0 Å². The van der Waals surface area contributed by atoms with Gasteiger partial charge in [-0.15, -0.1) is 11.3 Å². The first-order chi connectivity index (χ1) is 8.71. The van der Waals surface area contributed by atoms with E-state index in [4.69, 9.17) is 4.74 Å². The summed E-state index contributed by atoms with van der Waals surface area (Å²) in [4.78, 5) is 6.77. The molecule has 0 aliphatic heterocycles. The van der Waals surface area contributed by atoms with E-state index in [0.717, 1.165) is 0 Å². The molecule has 0 unspecified atom stereocenters. The monoisotopic (exact) mass is 261 g/mol. The fourth-order valence-electron chi connectivity index (χ4n) is 2.42. The van der Waals surface area contributed by atoms with E-state index in [1.807, 2.05) is 24.3 Å². The third-order valence-electron chi connectivity index (χ3n) is 3.40. The molecule has 18 heavy (non-hydrogen) atoms. The Kier molecular flexibility index (Phi) is 4.02. The van der Waals surface area contributed by atoms with Gasteiger partial charge in [0.1, 0.15) is 0 Å². The van der Waals surface area contributed by atoms with Crippen LogP contribution in [0.15, 0.2) is 23.0 Å². The predicted molar refractivity (Wildman–Crippen MR) is 79.4 cm³/mol. The summed E-state index contributed by atoms with van der Waals surface area (Å²) in [7, 11) is 1.62. The number of fused-ring (bicyclic) bond motifs is 1. The van der Waals surface area contributed by atoms with E-state index in [2.05, 4.69) is 24.7 Å². The van der Waals surface area contributed by atoms with Gasteiger partial charge in [0, 0.05) is 15.8 Å². The lowest BCUT2D eigenvalue weighted by Gasteiger charge is -2.04. The number of aryl methyl sites for hydroxylation is 1. The maximum Gasteiger partial charge on any atom is 0.212 e. The quantitative estimate of drug-likeness (QED) is 0.453. The summed E-state index contributed by atoms with van der Waals surface area (Å²) in [5.74, 6) is 0.566. The van der Waals surface area contributed by atoms with Gasteiger partial charge in [0.05, 0.1) is 7.11 Å². The number of allylic oxidation sites excluding steroid dienone is 3. The maximum absolute atomic E-state index is 5.17. The minimum Gasteiger partial charge on any atom is -0.481 e. The highest BCUT2D eigenvalue weighted by atomic mass is 32.1. The molecular weight excluding hydrogens is 242 g/mol. The molecule has 2 rings (SSSR count). The van der Waals surface area contributed by atoms with Gasteiger partial charge < -0.3 is 4.74 Å². The molecule has 0 aromatic carbocycles. The zero-order chi connectivity index (χ0) is 13.1. The number of aliphatic imine (C=N–C) groups is 1. The fraction of sp³-hybridized carbons (Fsp3) is 0.400. The molecule has 1 aliphatic carbocycles. The van der Waals surface area contributed by atoms with E-state index in [0.29, 0.717) is 5.88 Å². The molecule has 0 radical (unpaired) electrons. The highest BCUT2D eigenvalue weighted by Crippen LogP contribution is 2.39. The summed E-state index contributed by atoms with van der Waals surface area (Å²) in [5.41, 5.74) is 4.17. The van der Waals surface area contributed by atoms with E-state index in [9.17, 15) is 0 Å². The standard InChI is InChI=1S/C15H19NOS/c1-5-11(9-14(16-3)17-4)15-10(2)12-7-6-8-13(12)18-15/h5,9H,3,6-8H2,1-2,4H3/b11-5+,14-9+. The minimum atomic E-state index is 0.566. The Bertz CT molecular complexity index is 523. The molecule has 0 spiro atoms. The number of hydrogen-bond donors (Lipinski definition) is 0. The largest absolute Gasteiger partial charge is 0.481 e.